The molecule has 0 fully saturated rings. The maximum absolute atomic E-state index is 0. The van der Waals surface area contributed by atoms with E-state index in [9.17, 15) is 0 Å². The van der Waals surface area contributed by atoms with Gasteiger partial charge in [-0.05, 0) is 0 Å². The molecule has 0 spiro atoms. The molecule has 4 heavy (non-hydrogen) atoms. The molecule has 0 aromatic heterocycles. The Labute approximate surface area is 69.7 Å². The van der Waals surface area contributed by atoms with Crippen LogP contribution < -0.4 is 0 Å². The van der Waals surface area contributed by atoms with Gasteiger partial charge in [-0.25, -0.2) is 0 Å². The van der Waals surface area contributed by atoms with Crippen molar-refractivity contribution in [3.05, 3.63) is 0 Å². The predicted molar refractivity (Wildman–Crippen MR) is 25.4 cm³/mol. The van der Waals surface area contributed by atoms with Crippen LogP contribution in [0.3, 0.4) is 0 Å². The average molecular weight is 201 g/mol. The van der Waals surface area contributed by atoms with E-state index in [-0.39, 0.29) is 70.6 Å². The van der Waals surface area contributed by atoms with Crippen molar-refractivity contribution in [3.8, 4) is 0 Å². The molecule has 0 aliphatic carbocycles. The van der Waals surface area contributed by atoms with Gasteiger partial charge in [0, 0.05) is 0 Å². The molecule has 0 nitrogen and oxygen atoms in total. The molecule has 0 atom stereocenters. The first-order chi connectivity index (χ1) is 0. The average Bonchev–Trinajstić information content (AvgIpc) is 0. The summed E-state index contributed by atoms with van der Waals surface area (Å²) in [5.41, 5.74) is 0. The molecule has 0 bridgehead atoms. The summed E-state index contributed by atoms with van der Waals surface area (Å²) >= 11 is 0. The Hall–Kier alpha value is 2.02. The van der Waals surface area contributed by atoms with Crippen LogP contribution in [-0.4, -0.2) is 53.5 Å². The topological polar surface area (TPSA) is 0 Å². The molecule has 0 amide bonds. The van der Waals surface area contributed by atoms with Crippen LogP contribution in [0.2, 0.25) is 0 Å². The van der Waals surface area contributed by atoms with Gasteiger partial charge in [-0.1, -0.05) is 0 Å². The van der Waals surface area contributed by atoms with Gasteiger partial charge in [0.05, 0.1) is 0 Å². The van der Waals surface area contributed by atoms with Gasteiger partial charge in [-0.15, -0.1) is 12.4 Å². The summed E-state index contributed by atoms with van der Waals surface area (Å²) in [4.78, 5) is 0. The molecule has 24 valence electrons. The van der Waals surface area contributed by atoms with Crippen LogP contribution in [0.15, 0.2) is 0 Å². The summed E-state index contributed by atoms with van der Waals surface area (Å²) in [5, 5.41) is 0. The Morgan fingerprint density at radius 1 is 1.00 bits per heavy atom. The molecule has 4 heteroatoms. The minimum absolute atomic E-state index is 0. The fourth-order valence-electron chi connectivity index (χ4n) is 0. The summed E-state index contributed by atoms with van der Waals surface area (Å²) < 4.78 is 0. The van der Waals surface area contributed by atoms with E-state index in [1.54, 1.807) is 0 Å². The van der Waals surface area contributed by atoms with E-state index < -0.39 is 0 Å². The quantitative estimate of drug-likeness (QED) is 0.441. The molecule has 0 heterocycles. The predicted octanol–water partition coefficient (Wildman–Crippen LogP) is -0.990. The van der Waals surface area contributed by atoms with E-state index in [1.165, 1.54) is 0 Å². The van der Waals surface area contributed by atoms with Crippen molar-refractivity contribution in [1.29, 1.82) is 0 Å². The van der Waals surface area contributed by atoms with Crippen LogP contribution in [0, 0.1) is 0 Å². The molecular formula is H5ClFNaSn. The zero-order valence-corrected chi connectivity index (χ0v) is 6.38. The van der Waals surface area contributed by atoms with Crippen LogP contribution in [0.4, 0.5) is 4.70 Å². The van der Waals surface area contributed by atoms with Crippen LogP contribution in [0.5, 0.6) is 0 Å². The summed E-state index contributed by atoms with van der Waals surface area (Å²) in [6.07, 6.45) is 0. The molecule has 0 saturated heterocycles. The van der Waals surface area contributed by atoms with Gasteiger partial charge < -0.3 is 0 Å². The van der Waals surface area contributed by atoms with Gasteiger partial charge in [0.15, 0.2) is 0 Å². The van der Waals surface area contributed by atoms with Crippen molar-refractivity contribution in [1.82, 2.24) is 0 Å². The molecule has 0 aromatic carbocycles. The standard InChI is InChI=1S/ClH.FH.Na.Sn.3H/h2*1H;;;;;. The second kappa shape index (κ2) is 19.9. The van der Waals surface area contributed by atoms with Crippen molar-refractivity contribution in [2.45, 2.75) is 0 Å². The third kappa shape index (κ3) is 8.99. The van der Waals surface area contributed by atoms with E-state index >= 15 is 0 Å². The number of halogens is 2. The Kier molecular flexibility index (Phi) is 185. The van der Waals surface area contributed by atoms with E-state index in [0.717, 1.165) is 0 Å². The van der Waals surface area contributed by atoms with E-state index in [4.69, 9.17) is 0 Å². The summed E-state index contributed by atoms with van der Waals surface area (Å²) in [6, 6.07) is 0. The van der Waals surface area contributed by atoms with E-state index in [0.29, 0.717) is 0 Å². The molecule has 0 saturated carbocycles. The number of rotatable bonds is 0. The molecule has 0 rings (SSSR count). The Morgan fingerprint density at radius 3 is 1.00 bits per heavy atom. The zero-order valence-electron chi connectivity index (χ0n) is 1.52. The van der Waals surface area contributed by atoms with Crippen molar-refractivity contribution in [3.63, 3.8) is 0 Å². The molecule has 0 unspecified atom stereocenters. The SMILES string of the molecule is Cl.F.[NaH].[SnH2]. The first-order valence-electron chi connectivity index (χ1n) is 0. The first kappa shape index (κ1) is 37.2. The molecule has 0 aromatic rings. The van der Waals surface area contributed by atoms with Crippen molar-refractivity contribution in [2.24, 2.45) is 0 Å². The second-order valence-corrected chi connectivity index (χ2v) is 0. The van der Waals surface area contributed by atoms with Gasteiger partial charge in [-0.2, -0.15) is 0 Å². The van der Waals surface area contributed by atoms with Gasteiger partial charge in [0.25, 0.3) is 0 Å². The van der Waals surface area contributed by atoms with Crippen LogP contribution >= 0.6 is 12.4 Å². The normalized spacial score (nSPS) is 0. The number of hydrogen-bond donors (Lipinski definition) is 0. The van der Waals surface area contributed by atoms with Crippen molar-refractivity contribution < 1.29 is 4.70 Å². The Bertz CT molecular complexity index is 8.00. The summed E-state index contributed by atoms with van der Waals surface area (Å²) in [6.45, 7) is 0. The molecule has 2 radical (unpaired) electrons. The van der Waals surface area contributed by atoms with Gasteiger partial charge in [0.2, 0.25) is 0 Å². The maximum atomic E-state index is 0. The monoisotopic (exact) mass is 202 g/mol. The molecule has 0 N–H and O–H groups in total. The number of hydrogen-bond acceptors (Lipinski definition) is 0. The van der Waals surface area contributed by atoms with Crippen molar-refractivity contribution >= 4 is 65.9 Å². The third-order valence-electron chi connectivity index (χ3n) is 0. The van der Waals surface area contributed by atoms with Crippen LogP contribution in [0.25, 0.3) is 0 Å². The van der Waals surface area contributed by atoms with E-state index in [1.807, 2.05) is 0 Å². The molecular weight excluding hydrogens is 196 g/mol. The van der Waals surface area contributed by atoms with Gasteiger partial charge in [0.1, 0.15) is 0 Å². The Balaban J connectivity index is 0. The van der Waals surface area contributed by atoms with E-state index in [2.05, 4.69) is 0 Å². The fraction of sp³-hybridized carbons (Fsp3) is 0. The Morgan fingerprint density at radius 2 is 1.00 bits per heavy atom. The fourth-order valence-corrected chi connectivity index (χ4v) is 0. The molecule has 0 aliphatic rings. The van der Waals surface area contributed by atoms with Gasteiger partial charge >= 0.3 is 53.5 Å². The van der Waals surface area contributed by atoms with Crippen LogP contribution in [-0.2, 0) is 0 Å². The summed E-state index contributed by atoms with van der Waals surface area (Å²) in [7, 11) is 0. The first-order valence-corrected chi connectivity index (χ1v) is 0. The molecule has 0 aliphatic heterocycles. The summed E-state index contributed by atoms with van der Waals surface area (Å²) in [5.74, 6) is 0. The van der Waals surface area contributed by atoms with Gasteiger partial charge in [-0.3, -0.25) is 4.70 Å². The second-order valence-electron chi connectivity index (χ2n) is 0. The zero-order chi connectivity index (χ0) is 0. The minimum atomic E-state index is 0. The van der Waals surface area contributed by atoms with Crippen LogP contribution in [0.1, 0.15) is 0 Å². The third-order valence-corrected chi connectivity index (χ3v) is 0. The van der Waals surface area contributed by atoms with Crippen molar-refractivity contribution in [2.75, 3.05) is 0 Å².